The Labute approximate surface area is 43.4 Å². The molecule has 1 rings (SSSR count). The molecule has 0 aromatic rings. The molecule has 0 atom stereocenters. The molecular weight excluding hydrogens is 90.1 g/mol. The minimum absolute atomic E-state index is 0.0503. The summed E-state index contributed by atoms with van der Waals surface area (Å²) in [5.41, 5.74) is 5.90. The van der Waals surface area contributed by atoms with Gasteiger partial charge in [-0.1, -0.05) is 6.92 Å². The van der Waals surface area contributed by atoms with E-state index in [1.54, 1.807) is 0 Å². The first kappa shape index (κ1) is 5.03. The molecule has 1 saturated heterocycles. The van der Waals surface area contributed by atoms with Gasteiger partial charge in [-0.2, -0.15) is 0 Å². The van der Waals surface area contributed by atoms with Gasteiger partial charge in [0, 0.05) is 0 Å². The normalized spacial score (nSPS) is 24.9. The van der Waals surface area contributed by atoms with Gasteiger partial charge < -0.3 is 0 Å². The summed E-state index contributed by atoms with van der Waals surface area (Å²) in [7, 11) is 0. The minimum atomic E-state index is 0.0503. The molecule has 1 fully saturated rings. The van der Waals surface area contributed by atoms with Crippen LogP contribution < -0.4 is 16.2 Å². The molecule has 0 bridgehead atoms. The largest absolute Gasteiger partial charge is 0.286 e. The Bertz CT molecular complexity index is 67.3. The number of hydrazine groups is 1. The summed E-state index contributed by atoms with van der Waals surface area (Å²) in [6.07, 6.45) is 0. The third-order valence-electron chi connectivity index (χ3n) is 1.03. The van der Waals surface area contributed by atoms with Gasteiger partial charge in [0.25, 0.3) is 0 Å². The molecule has 0 saturated carbocycles. The monoisotopic (exact) mass is 101 g/mol. The van der Waals surface area contributed by atoms with Crippen LogP contribution in [0.3, 0.4) is 0 Å². The van der Waals surface area contributed by atoms with Crippen molar-refractivity contribution in [1.29, 1.82) is 0 Å². The van der Waals surface area contributed by atoms with Crippen molar-refractivity contribution >= 4 is 0 Å². The fraction of sp³-hybridized carbons (Fsp3) is 1.00. The van der Waals surface area contributed by atoms with Crippen molar-refractivity contribution in [1.82, 2.24) is 16.2 Å². The summed E-state index contributed by atoms with van der Waals surface area (Å²) in [5, 5.41) is 3.17. The van der Waals surface area contributed by atoms with Crippen molar-refractivity contribution in [3.05, 3.63) is 0 Å². The van der Waals surface area contributed by atoms with E-state index in [4.69, 9.17) is 0 Å². The van der Waals surface area contributed by atoms with Crippen LogP contribution >= 0.6 is 0 Å². The van der Waals surface area contributed by atoms with Crippen molar-refractivity contribution in [2.75, 3.05) is 6.54 Å². The SMILES string of the molecule is CCNC1(C)NN1. The lowest BCUT2D eigenvalue weighted by molar-refractivity contribution is 0.529. The summed E-state index contributed by atoms with van der Waals surface area (Å²) in [6.45, 7) is 5.12. The Kier molecular flexibility index (Phi) is 1.03. The highest BCUT2D eigenvalue weighted by molar-refractivity contribution is 4.84. The van der Waals surface area contributed by atoms with E-state index in [9.17, 15) is 0 Å². The lowest BCUT2D eigenvalue weighted by atomic mass is 10.5. The minimum Gasteiger partial charge on any atom is -0.286 e. The fourth-order valence-electron chi connectivity index (χ4n) is 0.536. The van der Waals surface area contributed by atoms with Gasteiger partial charge in [-0.25, -0.2) is 10.9 Å². The molecule has 0 radical (unpaired) electrons. The number of hydrogen-bond acceptors (Lipinski definition) is 3. The molecule has 1 aliphatic rings. The van der Waals surface area contributed by atoms with Gasteiger partial charge in [0.2, 0.25) is 0 Å². The van der Waals surface area contributed by atoms with E-state index in [-0.39, 0.29) is 5.79 Å². The predicted molar refractivity (Wildman–Crippen MR) is 28.4 cm³/mol. The Morgan fingerprint density at radius 3 is 2.29 bits per heavy atom. The number of hydrogen-bond donors (Lipinski definition) is 3. The Hall–Kier alpha value is -0.120. The molecule has 0 aromatic carbocycles. The first-order valence-electron chi connectivity index (χ1n) is 2.56. The summed E-state index contributed by atoms with van der Waals surface area (Å²) in [4.78, 5) is 0. The molecule has 0 spiro atoms. The fourth-order valence-corrected chi connectivity index (χ4v) is 0.536. The zero-order chi connectivity index (χ0) is 5.33. The summed E-state index contributed by atoms with van der Waals surface area (Å²) in [6, 6.07) is 0. The van der Waals surface area contributed by atoms with Gasteiger partial charge in [-0.3, -0.25) is 5.32 Å². The van der Waals surface area contributed by atoms with E-state index in [2.05, 4.69) is 30.0 Å². The van der Waals surface area contributed by atoms with E-state index in [0.29, 0.717) is 0 Å². The third kappa shape index (κ3) is 1.12. The summed E-state index contributed by atoms with van der Waals surface area (Å²) < 4.78 is 0. The number of rotatable bonds is 2. The van der Waals surface area contributed by atoms with Gasteiger partial charge >= 0.3 is 0 Å². The van der Waals surface area contributed by atoms with Crippen molar-refractivity contribution in [3.8, 4) is 0 Å². The van der Waals surface area contributed by atoms with Crippen molar-refractivity contribution in [3.63, 3.8) is 0 Å². The van der Waals surface area contributed by atoms with E-state index >= 15 is 0 Å². The quantitative estimate of drug-likeness (QED) is 0.406. The Balaban J connectivity index is 2.13. The van der Waals surface area contributed by atoms with Crippen LogP contribution in [0.2, 0.25) is 0 Å². The van der Waals surface area contributed by atoms with Crippen LogP contribution in [-0.4, -0.2) is 12.3 Å². The first-order valence-corrected chi connectivity index (χ1v) is 2.56. The maximum atomic E-state index is 3.17. The standard InChI is InChI=1S/C4H11N3/c1-3-5-4(2)6-7-4/h5-7H,3H2,1-2H3. The molecule has 3 N–H and O–H groups in total. The van der Waals surface area contributed by atoms with E-state index in [1.807, 2.05) is 0 Å². The molecule has 0 aromatic heterocycles. The highest BCUT2D eigenvalue weighted by atomic mass is 15.7. The molecule has 42 valence electrons. The molecular formula is C4H11N3. The lowest BCUT2D eigenvalue weighted by Crippen LogP contribution is -2.33. The van der Waals surface area contributed by atoms with E-state index in [0.717, 1.165) is 6.54 Å². The van der Waals surface area contributed by atoms with Crippen LogP contribution in [0.5, 0.6) is 0 Å². The van der Waals surface area contributed by atoms with Crippen LogP contribution in [-0.2, 0) is 0 Å². The van der Waals surface area contributed by atoms with Crippen molar-refractivity contribution < 1.29 is 0 Å². The first-order chi connectivity index (χ1) is 3.27. The summed E-state index contributed by atoms with van der Waals surface area (Å²) in [5.74, 6) is 0.0503. The van der Waals surface area contributed by atoms with Gasteiger partial charge in [-0.05, 0) is 13.5 Å². The van der Waals surface area contributed by atoms with Crippen LogP contribution in [0, 0.1) is 0 Å². The average molecular weight is 101 g/mol. The van der Waals surface area contributed by atoms with Crippen LogP contribution in [0.15, 0.2) is 0 Å². The van der Waals surface area contributed by atoms with Gasteiger partial charge in [0.15, 0.2) is 0 Å². The van der Waals surface area contributed by atoms with Crippen LogP contribution in [0.1, 0.15) is 13.8 Å². The second kappa shape index (κ2) is 1.43. The zero-order valence-electron chi connectivity index (χ0n) is 4.71. The van der Waals surface area contributed by atoms with Crippen LogP contribution in [0.25, 0.3) is 0 Å². The Morgan fingerprint density at radius 2 is 2.14 bits per heavy atom. The highest BCUT2D eigenvalue weighted by Crippen LogP contribution is 1.99. The zero-order valence-corrected chi connectivity index (χ0v) is 4.71. The molecule has 0 unspecified atom stereocenters. The third-order valence-corrected chi connectivity index (χ3v) is 1.03. The molecule has 3 heteroatoms. The maximum Gasteiger partial charge on any atom is 0.145 e. The maximum absolute atomic E-state index is 3.17. The smallest absolute Gasteiger partial charge is 0.145 e. The van der Waals surface area contributed by atoms with Crippen molar-refractivity contribution in [2.45, 2.75) is 19.6 Å². The van der Waals surface area contributed by atoms with Gasteiger partial charge in [0.1, 0.15) is 5.79 Å². The predicted octanol–water partition coefficient (Wildman–Crippen LogP) is -0.623. The molecule has 3 nitrogen and oxygen atoms in total. The number of nitrogens with one attached hydrogen (secondary N) is 3. The molecule has 7 heavy (non-hydrogen) atoms. The van der Waals surface area contributed by atoms with E-state index in [1.165, 1.54) is 0 Å². The lowest BCUT2D eigenvalue weighted by Gasteiger charge is -2.01. The van der Waals surface area contributed by atoms with Crippen LogP contribution in [0.4, 0.5) is 0 Å². The van der Waals surface area contributed by atoms with Gasteiger partial charge in [0.05, 0.1) is 0 Å². The van der Waals surface area contributed by atoms with Crippen molar-refractivity contribution in [2.24, 2.45) is 0 Å². The Morgan fingerprint density at radius 1 is 1.57 bits per heavy atom. The average Bonchev–Trinajstić information content (AvgIpc) is 2.22. The topological polar surface area (TPSA) is 55.9 Å². The van der Waals surface area contributed by atoms with E-state index < -0.39 is 0 Å². The highest BCUT2D eigenvalue weighted by Gasteiger charge is 2.34. The molecule has 1 heterocycles. The summed E-state index contributed by atoms with van der Waals surface area (Å²) >= 11 is 0. The molecule has 0 amide bonds. The second-order valence-corrected chi connectivity index (χ2v) is 1.91. The second-order valence-electron chi connectivity index (χ2n) is 1.91. The molecule has 1 aliphatic heterocycles. The molecule has 0 aliphatic carbocycles. The van der Waals surface area contributed by atoms with Gasteiger partial charge in [-0.15, -0.1) is 0 Å².